The van der Waals surface area contributed by atoms with Gasteiger partial charge in [0, 0.05) is 0 Å². The molecule has 0 radical (unpaired) electrons. The number of rotatable bonds is 5. The first-order valence-corrected chi connectivity index (χ1v) is 6.77. The first-order chi connectivity index (χ1) is 8.76. The van der Waals surface area contributed by atoms with Crippen LogP contribution in [0.2, 0.25) is 0 Å². The molecule has 0 aliphatic rings. The second-order valence-electron chi connectivity index (χ2n) is 3.47. The molecule has 8 heteroatoms. The van der Waals surface area contributed by atoms with Crippen LogP contribution in [0, 0.1) is 0 Å². The van der Waals surface area contributed by atoms with Crippen LogP contribution >= 0.6 is 0 Å². The third kappa shape index (κ3) is 10.2. The molecule has 0 aromatic heterocycles. The molecule has 1 aromatic rings. The predicted octanol–water partition coefficient (Wildman–Crippen LogP) is 0.467. The van der Waals surface area contributed by atoms with E-state index in [4.69, 9.17) is 15.4 Å². The van der Waals surface area contributed by atoms with Gasteiger partial charge in [0.25, 0.3) is 0 Å². The zero-order valence-corrected chi connectivity index (χ0v) is 11.2. The maximum Gasteiger partial charge on any atom is 0.397 e. The highest BCUT2D eigenvalue weighted by molar-refractivity contribution is 7.80. The standard InChI is InChI=1S/C9H11NO2.C2H6O4S/c10-8(9(11)12)6-7-4-2-1-3-5-7;1-2-6-7(3,4)5/h1-5,8H,6,10H2,(H,11,12);2H2,1H3,(H,3,4,5)/t8-;/m0./s1. The highest BCUT2D eigenvalue weighted by atomic mass is 32.3. The Hall–Kier alpha value is -1.48. The van der Waals surface area contributed by atoms with Gasteiger partial charge in [0.05, 0.1) is 6.61 Å². The number of carboxylic acid groups (broad SMARTS) is 1. The fraction of sp³-hybridized carbons (Fsp3) is 0.364. The molecule has 0 unspecified atom stereocenters. The minimum Gasteiger partial charge on any atom is -0.480 e. The third-order valence-corrected chi connectivity index (χ3v) is 2.42. The molecule has 1 rings (SSSR count). The van der Waals surface area contributed by atoms with E-state index in [2.05, 4.69) is 4.18 Å². The maximum absolute atomic E-state index is 10.4. The minimum absolute atomic E-state index is 0.0289. The van der Waals surface area contributed by atoms with Crippen LogP contribution in [0.15, 0.2) is 30.3 Å². The maximum atomic E-state index is 10.4. The average Bonchev–Trinajstić information content (AvgIpc) is 2.29. The molecule has 0 fully saturated rings. The van der Waals surface area contributed by atoms with Gasteiger partial charge in [-0.3, -0.25) is 9.35 Å². The van der Waals surface area contributed by atoms with E-state index >= 15 is 0 Å². The first-order valence-electron chi connectivity index (χ1n) is 5.40. The van der Waals surface area contributed by atoms with Crippen molar-refractivity contribution in [2.75, 3.05) is 6.61 Å². The fourth-order valence-corrected chi connectivity index (χ4v) is 1.40. The molecule has 7 nitrogen and oxygen atoms in total. The summed E-state index contributed by atoms with van der Waals surface area (Å²) in [6.07, 6.45) is 0.385. The lowest BCUT2D eigenvalue weighted by Gasteiger charge is -2.04. The molecule has 108 valence electrons. The molecule has 1 atom stereocenters. The number of aliphatic carboxylic acids is 1. The summed E-state index contributed by atoms with van der Waals surface area (Å²) < 4.78 is 30.7. The molecular formula is C11H17NO6S. The summed E-state index contributed by atoms with van der Waals surface area (Å²) in [6.45, 7) is 1.44. The van der Waals surface area contributed by atoms with Crippen molar-refractivity contribution in [3.8, 4) is 0 Å². The molecule has 0 aliphatic carbocycles. The summed E-state index contributed by atoms with van der Waals surface area (Å²) in [4.78, 5) is 10.4. The van der Waals surface area contributed by atoms with Gasteiger partial charge >= 0.3 is 16.4 Å². The van der Waals surface area contributed by atoms with Crippen LogP contribution in [0.1, 0.15) is 12.5 Å². The van der Waals surface area contributed by atoms with Gasteiger partial charge in [-0.1, -0.05) is 30.3 Å². The van der Waals surface area contributed by atoms with Crippen molar-refractivity contribution in [3.63, 3.8) is 0 Å². The van der Waals surface area contributed by atoms with Gasteiger partial charge in [-0.25, -0.2) is 4.18 Å². The Morgan fingerprint density at radius 3 is 2.21 bits per heavy atom. The Bertz CT molecular complexity index is 473. The van der Waals surface area contributed by atoms with Gasteiger partial charge < -0.3 is 10.8 Å². The fourth-order valence-electron chi connectivity index (χ4n) is 1.10. The van der Waals surface area contributed by atoms with E-state index in [9.17, 15) is 13.2 Å². The summed E-state index contributed by atoms with van der Waals surface area (Å²) in [5.74, 6) is -0.959. The molecule has 0 aliphatic heterocycles. The van der Waals surface area contributed by atoms with E-state index < -0.39 is 22.4 Å². The Morgan fingerprint density at radius 1 is 1.37 bits per heavy atom. The highest BCUT2D eigenvalue weighted by Crippen LogP contribution is 2.01. The van der Waals surface area contributed by atoms with E-state index in [0.717, 1.165) is 5.56 Å². The quantitative estimate of drug-likeness (QED) is 0.673. The second kappa shape index (κ2) is 8.59. The number of nitrogens with two attached hydrogens (primary N) is 1. The van der Waals surface area contributed by atoms with Crippen LogP contribution < -0.4 is 5.73 Å². The van der Waals surface area contributed by atoms with E-state index in [-0.39, 0.29) is 6.61 Å². The second-order valence-corrected chi connectivity index (χ2v) is 4.56. The van der Waals surface area contributed by atoms with Gasteiger partial charge in [0.1, 0.15) is 6.04 Å². The lowest BCUT2D eigenvalue weighted by Crippen LogP contribution is -2.32. The highest BCUT2D eigenvalue weighted by Gasteiger charge is 2.10. The van der Waals surface area contributed by atoms with Crippen molar-refractivity contribution >= 4 is 16.4 Å². The van der Waals surface area contributed by atoms with E-state index in [1.54, 1.807) is 0 Å². The van der Waals surface area contributed by atoms with Crippen LogP contribution in [0.5, 0.6) is 0 Å². The number of benzene rings is 1. The molecule has 1 aromatic carbocycles. The van der Waals surface area contributed by atoms with Crippen molar-refractivity contribution in [1.82, 2.24) is 0 Å². The molecular weight excluding hydrogens is 274 g/mol. The van der Waals surface area contributed by atoms with E-state index in [1.165, 1.54) is 6.92 Å². The Kier molecular flexibility index (Phi) is 7.92. The summed E-state index contributed by atoms with van der Waals surface area (Å²) in [7, 11) is -4.17. The summed E-state index contributed by atoms with van der Waals surface area (Å²) in [5, 5.41) is 8.52. The van der Waals surface area contributed by atoms with Gasteiger partial charge in [0.15, 0.2) is 0 Å². The molecule has 0 heterocycles. The monoisotopic (exact) mass is 291 g/mol. The van der Waals surface area contributed by atoms with Gasteiger partial charge in [-0.2, -0.15) is 8.42 Å². The molecule has 4 N–H and O–H groups in total. The van der Waals surface area contributed by atoms with Crippen LogP contribution in [-0.2, 0) is 25.8 Å². The van der Waals surface area contributed by atoms with Gasteiger partial charge in [-0.05, 0) is 18.9 Å². The number of carboxylic acids is 1. The van der Waals surface area contributed by atoms with Gasteiger partial charge in [0.2, 0.25) is 0 Å². The largest absolute Gasteiger partial charge is 0.480 e. The molecule has 0 bridgehead atoms. The smallest absolute Gasteiger partial charge is 0.397 e. The zero-order valence-electron chi connectivity index (χ0n) is 10.4. The molecule has 0 spiro atoms. The van der Waals surface area contributed by atoms with E-state index in [1.807, 2.05) is 30.3 Å². The van der Waals surface area contributed by atoms with Crippen LogP contribution in [-0.4, -0.2) is 36.7 Å². The van der Waals surface area contributed by atoms with Crippen LogP contribution in [0.25, 0.3) is 0 Å². The lowest BCUT2D eigenvalue weighted by atomic mass is 10.1. The van der Waals surface area contributed by atoms with Crippen molar-refractivity contribution in [2.24, 2.45) is 5.73 Å². The number of carbonyl (C=O) groups is 1. The lowest BCUT2D eigenvalue weighted by molar-refractivity contribution is -0.138. The van der Waals surface area contributed by atoms with Gasteiger partial charge in [-0.15, -0.1) is 0 Å². The molecule has 0 amide bonds. The SMILES string of the molecule is CCOS(=O)(=O)O.N[C@@H](Cc1ccccc1)C(=O)O. The van der Waals surface area contributed by atoms with E-state index in [0.29, 0.717) is 6.42 Å². The predicted molar refractivity (Wildman–Crippen MR) is 68.9 cm³/mol. The summed E-state index contributed by atoms with van der Waals surface area (Å²) in [5.41, 5.74) is 6.30. The van der Waals surface area contributed by atoms with Crippen molar-refractivity contribution in [1.29, 1.82) is 0 Å². The summed E-state index contributed by atoms with van der Waals surface area (Å²) >= 11 is 0. The molecule has 19 heavy (non-hydrogen) atoms. The first kappa shape index (κ1) is 17.5. The van der Waals surface area contributed by atoms with Crippen LogP contribution in [0.3, 0.4) is 0 Å². The Balaban J connectivity index is 0.000000399. The zero-order chi connectivity index (χ0) is 14.9. The minimum atomic E-state index is -4.17. The van der Waals surface area contributed by atoms with Crippen molar-refractivity contribution in [2.45, 2.75) is 19.4 Å². The number of hydrogen-bond donors (Lipinski definition) is 3. The average molecular weight is 291 g/mol. The third-order valence-electron chi connectivity index (χ3n) is 1.88. The molecule has 0 saturated heterocycles. The topological polar surface area (TPSA) is 127 Å². The van der Waals surface area contributed by atoms with Crippen LogP contribution in [0.4, 0.5) is 0 Å². The Labute approximate surface area is 112 Å². The number of hydrogen-bond acceptors (Lipinski definition) is 5. The van der Waals surface area contributed by atoms with Crippen molar-refractivity contribution < 1.29 is 27.1 Å². The summed E-state index contributed by atoms with van der Waals surface area (Å²) in [6, 6.07) is 8.54. The Morgan fingerprint density at radius 2 is 1.89 bits per heavy atom. The molecule has 0 saturated carbocycles. The normalized spacial score (nSPS) is 12.2. The van der Waals surface area contributed by atoms with Crippen molar-refractivity contribution in [3.05, 3.63) is 35.9 Å².